The van der Waals surface area contributed by atoms with E-state index in [1.807, 2.05) is 57.0 Å². The Hall–Kier alpha value is -2.81. The van der Waals surface area contributed by atoms with Crippen LogP contribution >= 0.6 is 0 Å². The lowest BCUT2D eigenvalue weighted by Gasteiger charge is -2.15. The number of ether oxygens (including phenoxy) is 2. The van der Waals surface area contributed by atoms with Gasteiger partial charge in [0.25, 0.3) is 0 Å². The molecule has 3 heteroatoms. The largest absolute Gasteiger partial charge is 0.500 e. The van der Waals surface area contributed by atoms with E-state index in [1.165, 1.54) is 0 Å². The fourth-order valence-electron chi connectivity index (χ4n) is 2.82. The SMILES string of the molecule is CCO/C=C(C(OCC)=[N+](C)C)/C(=C\C1C=CC=CC=C1)c1ccccc1. The summed E-state index contributed by atoms with van der Waals surface area (Å²) in [6.07, 6.45) is 16.7. The molecule has 0 atom stereocenters. The van der Waals surface area contributed by atoms with Crippen LogP contribution in [0.3, 0.4) is 0 Å². The van der Waals surface area contributed by atoms with Crippen LogP contribution in [0, 0.1) is 5.92 Å². The average molecular weight is 365 g/mol. The summed E-state index contributed by atoms with van der Waals surface area (Å²) < 4.78 is 13.7. The second-order valence-electron chi connectivity index (χ2n) is 6.30. The molecule has 0 unspecified atom stereocenters. The molecule has 2 rings (SSSR count). The van der Waals surface area contributed by atoms with E-state index in [0.29, 0.717) is 13.2 Å². The molecule has 0 radical (unpaired) electrons. The van der Waals surface area contributed by atoms with Crippen molar-refractivity contribution in [3.8, 4) is 0 Å². The monoisotopic (exact) mass is 364 g/mol. The van der Waals surface area contributed by atoms with E-state index in [0.717, 1.165) is 22.6 Å². The molecule has 0 spiro atoms. The molecule has 1 aromatic carbocycles. The van der Waals surface area contributed by atoms with Crippen LogP contribution in [0.5, 0.6) is 0 Å². The van der Waals surface area contributed by atoms with Gasteiger partial charge in [0, 0.05) is 5.92 Å². The number of hydrogen-bond donors (Lipinski definition) is 0. The minimum Gasteiger partial charge on any atom is -0.500 e. The van der Waals surface area contributed by atoms with Gasteiger partial charge in [-0.15, -0.1) is 0 Å². The first-order valence-corrected chi connectivity index (χ1v) is 9.45. The zero-order chi connectivity index (χ0) is 19.5. The van der Waals surface area contributed by atoms with Crippen molar-refractivity contribution in [2.75, 3.05) is 27.3 Å². The predicted molar refractivity (Wildman–Crippen MR) is 114 cm³/mol. The van der Waals surface area contributed by atoms with Crippen LogP contribution in [0.4, 0.5) is 0 Å². The normalized spacial score (nSPS) is 14.8. The Kier molecular flexibility index (Phi) is 8.37. The summed E-state index contributed by atoms with van der Waals surface area (Å²) in [5.41, 5.74) is 3.15. The summed E-state index contributed by atoms with van der Waals surface area (Å²) in [5, 5.41) is 0. The number of allylic oxidation sites excluding steroid dienone is 7. The van der Waals surface area contributed by atoms with E-state index in [2.05, 4.69) is 54.6 Å². The second kappa shape index (κ2) is 11.0. The lowest BCUT2D eigenvalue weighted by molar-refractivity contribution is -0.473. The van der Waals surface area contributed by atoms with Crippen molar-refractivity contribution in [1.82, 2.24) is 0 Å². The van der Waals surface area contributed by atoms with Gasteiger partial charge in [0.15, 0.2) is 0 Å². The summed E-state index contributed by atoms with van der Waals surface area (Å²) in [6, 6.07) is 10.4. The maximum absolute atomic E-state index is 5.98. The Bertz CT molecular complexity index is 760. The van der Waals surface area contributed by atoms with Gasteiger partial charge < -0.3 is 9.47 Å². The molecule has 0 bridgehead atoms. The lowest BCUT2D eigenvalue weighted by Crippen LogP contribution is -2.21. The van der Waals surface area contributed by atoms with Gasteiger partial charge in [-0.2, -0.15) is 0 Å². The number of nitrogens with zero attached hydrogens (tertiary/aromatic N) is 1. The van der Waals surface area contributed by atoms with Crippen molar-refractivity contribution in [2.24, 2.45) is 5.92 Å². The van der Waals surface area contributed by atoms with Crippen molar-refractivity contribution in [3.63, 3.8) is 0 Å². The maximum Gasteiger partial charge on any atom is 0.373 e. The summed E-state index contributed by atoms with van der Waals surface area (Å²) >= 11 is 0. The van der Waals surface area contributed by atoms with Gasteiger partial charge in [-0.3, -0.25) is 0 Å². The molecular formula is C24H30NO2+. The second-order valence-corrected chi connectivity index (χ2v) is 6.30. The summed E-state index contributed by atoms with van der Waals surface area (Å²) in [4.78, 5) is 0. The third-order valence-corrected chi connectivity index (χ3v) is 4.02. The highest BCUT2D eigenvalue weighted by Crippen LogP contribution is 2.28. The van der Waals surface area contributed by atoms with Crippen LogP contribution in [0.25, 0.3) is 5.57 Å². The Morgan fingerprint density at radius 1 is 0.963 bits per heavy atom. The molecule has 0 saturated heterocycles. The highest BCUT2D eigenvalue weighted by Gasteiger charge is 2.23. The number of hydrogen-bond acceptors (Lipinski definition) is 2. The summed E-state index contributed by atoms with van der Waals surface area (Å²) in [5.74, 6) is 0.978. The van der Waals surface area contributed by atoms with Crippen molar-refractivity contribution in [2.45, 2.75) is 13.8 Å². The molecule has 0 heterocycles. The van der Waals surface area contributed by atoms with E-state index < -0.39 is 0 Å². The van der Waals surface area contributed by atoms with E-state index in [-0.39, 0.29) is 5.92 Å². The smallest absolute Gasteiger partial charge is 0.373 e. The van der Waals surface area contributed by atoms with Crippen molar-refractivity contribution in [1.29, 1.82) is 0 Å². The molecule has 1 aliphatic carbocycles. The van der Waals surface area contributed by atoms with Crippen LogP contribution in [0.2, 0.25) is 0 Å². The third kappa shape index (κ3) is 6.14. The molecule has 1 aliphatic rings. The summed E-state index contributed by atoms with van der Waals surface area (Å²) in [6.45, 7) is 5.17. The molecule has 0 aliphatic heterocycles. The van der Waals surface area contributed by atoms with E-state index in [1.54, 1.807) is 0 Å². The van der Waals surface area contributed by atoms with Crippen molar-refractivity contribution >= 4 is 11.5 Å². The molecule has 0 amide bonds. The zero-order valence-electron chi connectivity index (χ0n) is 16.8. The number of benzene rings is 1. The Morgan fingerprint density at radius 3 is 2.19 bits per heavy atom. The molecule has 0 N–H and O–H groups in total. The minimum atomic E-state index is 0.185. The molecular weight excluding hydrogens is 334 g/mol. The molecule has 3 nitrogen and oxygen atoms in total. The van der Waals surface area contributed by atoms with E-state index in [4.69, 9.17) is 9.47 Å². The molecule has 0 saturated carbocycles. The first-order chi connectivity index (χ1) is 13.2. The highest BCUT2D eigenvalue weighted by atomic mass is 16.5. The van der Waals surface area contributed by atoms with Gasteiger partial charge in [0.05, 0.1) is 13.2 Å². The van der Waals surface area contributed by atoms with E-state index in [9.17, 15) is 0 Å². The van der Waals surface area contributed by atoms with Gasteiger partial charge in [-0.25, -0.2) is 4.58 Å². The predicted octanol–water partition coefficient (Wildman–Crippen LogP) is 5.00. The Balaban J connectivity index is 2.62. The highest BCUT2D eigenvalue weighted by molar-refractivity contribution is 6.06. The van der Waals surface area contributed by atoms with Crippen LogP contribution < -0.4 is 0 Å². The summed E-state index contributed by atoms with van der Waals surface area (Å²) in [7, 11) is 3.98. The molecule has 1 aromatic rings. The van der Waals surface area contributed by atoms with Gasteiger partial charge in [0.1, 0.15) is 25.9 Å². The zero-order valence-corrected chi connectivity index (χ0v) is 16.8. The molecule has 0 aromatic heterocycles. The first-order valence-electron chi connectivity index (χ1n) is 9.45. The Labute approximate surface area is 163 Å². The van der Waals surface area contributed by atoms with Gasteiger partial charge in [0.2, 0.25) is 0 Å². The fraction of sp³-hybridized carbons (Fsp3) is 0.292. The molecule has 0 fully saturated rings. The lowest BCUT2D eigenvalue weighted by atomic mass is 9.93. The fourth-order valence-corrected chi connectivity index (χ4v) is 2.82. The standard InChI is InChI=1S/C24H30NO2/c1-5-26-19-23(24(25(3)4)27-6-2)22(21-16-12-9-13-17-21)18-20-14-10-7-8-11-15-20/h7-20H,5-6H2,1-4H3/q+1/b22-18-,23-19-. The van der Waals surface area contributed by atoms with Crippen LogP contribution in [0.1, 0.15) is 19.4 Å². The Morgan fingerprint density at radius 2 is 1.63 bits per heavy atom. The van der Waals surface area contributed by atoms with Gasteiger partial charge in [-0.05, 0) is 25.0 Å². The minimum absolute atomic E-state index is 0.185. The maximum atomic E-state index is 5.98. The topological polar surface area (TPSA) is 21.5 Å². The quantitative estimate of drug-likeness (QED) is 0.223. The van der Waals surface area contributed by atoms with Gasteiger partial charge in [-0.1, -0.05) is 72.9 Å². The van der Waals surface area contributed by atoms with Crippen LogP contribution in [-0.4, -0.2) is 37.8 Å². The van der Waals surface area contributed by atoms with Crippen molar-refractivity contribution in [3.05, 3.63) is 90.3 Å². The average Bonchev–Trinajstić information content (AvgIpc) is 2.95. The van der Waals surface area contributed by atoms with Gasteiger partial charge >= 0.3 is 5.90 Å². The third-order valence-electron chi connectivity index (χ3n) is 4.02. The van der Waals surface area contributed by atoms with Crippen LogP contribution in [0.15, 0.2) is 84.7 Å². The molecule has 27 heavy (non-hydrogen) atoms. The molecule has 142 valence electrons. The van der Waals surface area contributed by atoms with E-state index >= 15 is 0 Å². The number of rotatable bonds is 7. The first kappa shape index (κ1) is 20.5. The van der Waals surface area contributed by atoms with Crippen LogP contribution in [-0.2, 0) is 9.47 Å². The van der Waals surface area contributed by atoms with Crippen molar-refractivity contribution < 1.29 is 14.0 Å².